The number of imide groups is 1. The molecule has 11 heteroatoms. The molecule has 7 nitrogen and oxygen atoms in total. The first-order chi connectivity index (χ1) is 14.2. The van der Waals surface area contributed by atoms with Gasteiger partial charge in [0.15, 0.2) is 10.8 Å². The predicted molar refractivity (Wildman–Crippen MR) is 99.4 cm³/mol. The molecule has 1 aliphatic heterocycles. The van der Waals surface area contributed by atoms with E-state index in [-0.39, 0.29) is 6.54 Å². The minimum absolute atomic E-state index is 0.0489. The quantitative estimate of drug-likeness (QED) is 0.603. The van der Waals surface area contributed by atoms with E-state index in [9.17, 15) is 22.8 Å². The molecular formula is C19H14F3N3O4S. The molecule has 2 aromatic heterocycles. The van der Waals surface area contributed by atoms with Crippen molar-refractivity contribution in [2.24, 2.45) is 0 Å². The first-order valence-corrected chi connectivity index (χ1v) is 9.52. The number of alkyl halides is 3. The molecule has 3 amide bonds. The summed E-state index contributed by atoms with van der Waals surface area (Å²) in [7, 11) is 0. The van der Waals surface area contributed by atoms with Gasteiger partial charge in [-0.05, 0) is 36.8 Å². The molecule has 1 N–H and O–H groups in total. The highest BCUT2D eigenvalue weighted by Crippen LogP contribution is 2.32. The molecule has 1 fully saturated rings. The molecule has 1 saturated heterocycles. The van der Waals surface area contributed by atoms with E-state index in [1.165, 1.54) is 36.7 Å². The number of benzene rings is 1. The van der Waals surface area contributed by atoms with E-state index in [1.807, 2.05) is 0 Å². The van der Waals surface area contributed by atoms with E-state index in [2.05, 4.69) is 15.0 Å². The maximum absolute atomic E-state index is 13.0. The van der Waals surface area contributed by atoms with Crippen LogP contribution in [0.2, 0.25) is 0 Å². The number of halogens is 3. The lowest BCUT2D eigenvalue weighted by molar-refractivity contribution is -0.274. The van der Waals surface area contributed by atoms with E-state index in [4.69, 9.17) is 4.42 Å². The number of ether oxygens (including phenoxy) is 1. The summed E-state index contributed by atoms with van der Waals surface area (Å²) in [6.07, 6.45) is -3.30. The summed E-state index contributed by atoms with van der Waals surface area (Å²) < 4.78 is 46.1. The van der Waals surface area contributed by atoms with Crippen molar-refractivity contribution in [2.45, 2.75) is 25.4 Å². The first-order valence-electron chi connectivity index (χ1n) is 8.64. The van der Waals surface area contributed by atoms with Crippen molar-refractivity contribution in [3.63, 3.8) is 0 Å². The Labute approximate surface area is 172 Å². The summed E-state index contributed by atoms with van der Waals surface area (Å²) in [6, 6.07) is 7.65. The predicted octanol–water partition coefficient (Wildman–Crippen LogP) is 4.27. The van der Waals surface area contributed by atoms with Gasteiger partial charge < -0.3 is 14.5 Å². The molecule has 1 aromatic carbocycles. The number of nitrogens with one attached hydrogen (secondary N) is 1. The minimum Gasteiger partial charge on any atom is -0.462 e. The Hall–Kier alpha value is -3.34. The maximum atomic E-state index is 13.0. The second-order valence-corrected chi connectivity index (χ2v) is 7.50. The summed E-state index contributed by atoms with van der Waals surface area (Å²) in [4.78, 5) is 30.8. The van der Waals surface area contributed by atoms with Crippen LogP contribution >= 0.6 is 11.3 Å². The van der Waals surface area contributed by atoms with Crippen LogP contribution in [-0.4, -0.2) is 28.2 Å². The SMILES string of the molecule is CC1(c2ccc(OC(F)(F)F)cc2)NC(=O)N(Cc2csc(-c3ccco3)n2)C1=O. The van der Waals surface area contributed by atoms with Crippen LogP contribution in [0.1, 0.15) is 18.2 Å². The number of nitrogens with zero attached hydrogens (tertiary/aromatic N) is 2. The van der Waals surface area contributed by atoms with Crippen molar-refractivity contribution < 1.29 is 31.9 Å². The van der Waals surface area contributed by atoms with Crippen molar-refractivity contribution in [3.8, 4) is 16.5 Å². The number of urea groups is 1. The Bertz CT molecular complexity index is 1080. The van der Waals surface area contributed by atoms with Gasteiger partial charge in [0.05, 0.1) is 18.5 Å². The number of rotatable bonds is 5. The fraction of sp³-hybridized carbons (Fsp3) is 0.211. The summed E-state index contributed by atoms with van der Waals surface area (Å²) in [5.41, 5.74) is -0.589. The molecule has 3 heterocycles. The number of aromatic nitrogens is 1. The molecule has 0 aliphatic carbocycles. The van der Waals surface area contributed by atoms with Crippen LogP contribution in [0.4, 0.5) is 18.0 Å². The molecule has 0 radical (unpaired) electrons. The number of hydrogen-bond donors (Lipinski definition) is 1. The molecule has 1 unspecified atom stereocenters. The highest BCUT2D eigenvalue weighted by Gasteiger charge is 2.49. The van der Waals surface area contributed by atoms with E-state index in [0.29, 0.717) is 22.0 Å². The number of carbonyl (C=O) groups excluding carboxylic acids is 2. The fourth-order valence-corrected chi connectivity index (χ4v) is 3.86. The fourth-order valence-electron chi connectivity index (χ4n) is 3.08. The summed E-state index contributed by atoms with van der Waals surface area (Å²) in [5, 5.41) is 4.94. The van der Waals surface area contributed by atoms with Crippen LogP contribution in [0.15, 0.2) is 52.5 Å². The minimum atomic E-state index is -4.82. The van der Waals surface area contributed by atoms with Crippen molar-refractivity contribution in [3.05, 3.63) is 59.3 Å². The van der Waals surface area contributed by atoms with E-state index >= 15 is 0 Å². The summed E-state index contributed by atoms with van der Waals surface area (Å²) >= 11 is 1.32. The molecule has 1 atom stereocenters. The van der Waals surface area contributed by atoms with Gasteiger partial charge in [-0.25, -0.2) is 9.78 Å². The normalized spacial score (nSPS) is 19.3. The molecule has 3 aromatic rings. The largest absolute Gasteiger partial charge is 0.573 e. The van der Waals surface area contributed by atoms with Crippen molar-refractivity contribution in [2.75, 3.05) is 0 Å². The lowest BCUT2D eigenvalue weighted by Gasteiger charge is -2.22. The Morgan fingerprint density at radius 3 is 2.60 bits per heavy atom. The van der Waals surface area contributed by atoms with Gasteiger partial charge in [-0.3, -0.25) is 9.69 Å². The topological polar surface area (TPSA) is 84.7 Å². The highest BCUT2D eigenvalue weighted by atomic mass is 32.1. The maximum Gasteiger partial charge on any atom is 0.573 e. The standard InChI is InChI=1S/C19H14F3N3O4S/c1-18(11-4-6-13(7-5-11)29-19(20,21)22)16(26)25(17(27)24-18)9-12-10-30-15(23-12)14-3-2-8-28-14/h2-8,10H,9H2,1H3,(H,24,27). The lowest BCUT2D eigenvalue weighted by Crippen LogP contribution is -2.40. The zero-order chi connectivity index (χ0) is 21.5. The van der Waals surface area contributed by atoms with E-state index in [1.54, 1.807) is 17.5 Å². The smallest absolute Gasteiger partial charge is 0.462 e. The number of carbonyl (C=O) groups is 2. The van der Waals surface area contributed by atoms with Crippen LogP contribution in [0, 0.1) is 0 Å². The Balaban J connectivity index is 1.52. The van der Waals surface area contributed by atoms with Gasteiger partial charge in [-0.1, -0.05) is 12.1 Å². The molecule has 0 saturated carbocycles. The lowest BCUT2D eigenvalue weighted by atomic mass is 9.92. The van der Waals surface area contributed by atoms with Crippen LogP contribution in [0.25, 0.3) is 10.8 Å². The number of furan rings is 1. The second-order valence-electron chi connectivity index (χ2n) is 6.64. The third-order valence-corrected chi connectivity index (χ3v) is 5.45. The van der Waals surface area contributed by atoms with Crippen LogP contribution in [-0.2, 0) is 16.9 Å². The first kappa shape index (κ1) is 20.0. The van der Waals surface area contributed by atoms with Crippen molar-refractivity contribution in [1.29, 1.82) is 0 Å². The molecular weight excluding hydrogens is 423 g/mol. The van der Waals surface area contributed by atoms with Crippen LogP contribution in [0.3, 0.4) is 0 Å². The number of amides is 3. The molecule has 0 spiro atoms. The average molecular weight is 437 g/mol. The number of thiazole rings is 1. The van der Waals surface area contributed by atoms with Gasteiger partial charge in [0.25, 0.3) is 5.91 Å². The Morgan fingerprint density at radius 1 is 1.23 bits per heavy atom. The molecule has 4 rings (SSSR count). The Kier molecular flexibility index (Phi) is 4.77. The van der Waals surface area contributed by atoms with Crippen LogP contribution < -0.4 is 10.1 Å². The Morgan fingerprint density at radius 2 is 1.97 bits per heavy atom. The summed E-state index contributed by atoms with van der Waals surface area (Å²) in [6.45, 7) is 1.44. The van der Waals surface area contributed by atoms with E-state index in [0.717, 1.165) is 17.0 Å². The van der Waals surface area contributed by atoms with Crippen molar-refractivity contribution >= 4 is 23.3 Å². The van der Waals surface area contributed by atoms with Gasteiger partial charge in [-0.2, -0.15) is 0 Å². The number of hydrogen-bond acceptors (Lipinski definition) is 6. The second kappa shape index (κ2) is 7.17. The van der Waals surface area contributed by atoms with Gasteiger partial charge in [0.2, 0.25) is 0 Å². The van der Waals surface area contributed by atoms with Crippen molar-refractivity contribution in [1.82, 2.24) is 15.2 Å². The van der Waals surface area contributed by atoms with Gasteiger partial charge in [-0.15, -0.1) is 24.5 Å². The highest BCUT2D eigenvalue weighted by molar-refractivity contribution is 7.13. The van der Waals surface area contributed by atoms with Gasteiger partial charge in [0.1, 0.15) is 11.3 Å². The molecule has 156 valence electrons. The third kappa shape index (κ3) is 3.75. The zero-order valence-electron chi connectivity index (χ0n) is 15.4. The zero-order valence-corrected chi connectivity index (χ0v) is 16.2. The third-order valence-electron chi connectivity index (χ3n) is 4.54. The van der Waals surface area contributed by atoms with E-state index < -0.39 is 29.6 Å². The monoisotopic (exact) mass is 437 g/mol. The van der Waals surface area contributed by atoms with Crippen LogP contribution in [0.5, 0.6) is 5.75 Å². The summed E-state index contributed by atoms with van der Waals surface area (Å²) in [5.74, 6) is -0.379. The van der Waals surface area contributed by atoms with Gasteiger partial charge in [0, 0.05) is 5.38 Å². The average Bonchev–Trinajstić information content (AvgIpc) is 3.39. The molecule has 1 aliphatic rings. The molecule has 0 bridgehead atoms. The van der Waals surface area contributed by atoms with Gasteiger partial charge >= 0.3 is 12.4 Å². The molecule has 30 heavy (non-hydrogen) atoms.